The molecule has 1 atom stereocenters. The maximum absolute atomic E-state index is 6.06. The van der Waals surface area contributed by atoms with Crippen molar-refractivity contribution in [3.05, 3.63) is 35.9 Å². The summed E-state index contributed by atoms with van der Waals surface area (Å²) in [6.45, 7) is 7.54. The van der Waals surface area contributed by atoms with Gasteiger partial charge in [0.05, 0.1) is 5.54 Å². The van der Waals surface area contributed by atoms with E-state index < -0.39 is 0 Å². The highest BCUT2D eigenvalue weighted by Crippen LogP contribution is 2.22. The molecule has 0 radical (unpaired) electrons. The molecule has 0 aromatic heterocycles. The van der Waals surface area contributed by atoms with Crippen LogP contribution in [0.2, 0.25) is 0 Å². The molecule has 0 heterocycles. The molecular weight excluding hydrogens is 206 g/mol. The average Bonchev–Trinajstić information content (AvgIpc) is 2.27. The van der Waals surface area contributed by atoms with Gasteiger partial charge >= 0.3 is 0 Å². The van der Waals surface area contributed by atoms with Crippen LogP contribution in [0.25, 0.3) is 0 Å². The second-order valence-corrected chi connectivity index (χ2v) is 4.87. The van der Waals surface area contributed by atoms with E-state index in [1.807, 2.05) is 6.07 Å². The van der Waals surface area contributed by atoms with Crippen molar-refractivity contribution in [2.75, 3.05) is 12.4 Å². The zero-order valence-electron chi connectivity index (χ0n) is 9.76. The quantitative estimate of drug-likeness (QED) is 0.758. The molecule has 0 bridgehead atoms. The number of halogens is 1. The standard InChI is InChI=1S/C13H20ClN/c1-11(2)9-15-13(3,10-14)12-7-5-4-6-8-12/h4-8,11,15H,9-10H2,1-3H3. The lowest BCUT2D eigenvalue weighted by atomic mass is 9.93. The van der Waals surface area contributed by atoms with Crippen molar-refractivity contribution < 1.29 is 0 Å². The van der Waals surface area contributed by atoms with E-state index in [-0.39, 0.29) is 5.54 Å². The van der Waals surface area contributed by atoms with Gasteiger partial charge < -0.3 is 5.32 Å². The first-order chi connectivity index (χ1) is 7.08. The van der Waals surface area contributed by atoms with Gasteiger partial charge in [-0.15, -0.1) is 11.6 Å². The Labute approximate surface area is 97.8 Å². The number of nitrogens with one attached hydrogen (secondary N) is 1. The van der Waals surface area contributed by atoms with Gasteiger partial charge in [0.2, 0.25) is 0 Å². The molecule has 1 aromatic rings. The van der Waals surface area contributed by atoms with Gasteiger partial charge in [-0.05, 0) is 24.9 Å². The highest BCUT2D eigenvalue weighted by Gasteiger charge is 2.24. The average molecular weight is 226 g/mol. The van der Waals surface area contributed by atoms with Crippen LogP contribution in [-0.4, -0.2) is 12.4 Å². The number of hydrogen-bond acceptors (Lipinski definition) is 1. The molecule has 0 aliphatic heterocycles. The van der Waals surface area contributed by atoms with Crippen molar-refractivity contribution in [3.63, 3.8) is 0 Å². The van der Waals surface area contributed by atoms with Gasteiger partial charge in [-0.2, -0.15) is 0 Å². The molecule has 0 aliphatic carbocycles. The fourth-order valence-electron chi connectivity index (χ4n) is 1.46. The van der Waals surface area contributed by atoms with Crippen LogP contribution < -0.4 is 5.32 Å². The summed E-state index contributed by atoms with van der Waals surface area (Å²) in [5.74, 6) is 1.22. The van der Waals surface area contributed by atoms with E-state index in [2.05, 4.69) is 50.4 Å². The Morgan fingerprint density at radius 3 is 2.33 bits per heavy atom. The molecule has 0 saturated carbocycles. The van der Waals surface area contributed by atoms with Crippen molar-refractivity contribution in [3.8, 4) is 0 Å². The van der Waals surface area contributed by atoms with E-state index in [9.17, 15) is 0 Å². The Balaban J connectivity index is 2.76. The van der Waals surface area contributed by atoms with E-state index in [4.69, 9.17) is 11.6 Å². The smallest absolute Gasteiger partial charge is 0.0543 e. The molecule has 1 rings (SSSR count). The fourth-order valence-corrected chi connectivity index (χ4v) is 1.71. The Bertz CT molecular complexity index is 284. The highest BCUT2D eigenvalue weighted by atomic mass is 35.5. The van der Waals surface area contributed by atoms with Gasteiger partial charge in [0.15, 0.2) is 0 Å². The molecule has 0 fully saturated rings. The van der Waals surface area contributed by atoms with Gasteiger partial charge in [0, 0.05) is 5.88 Å². The zero-order chi connectivity index (χ0) is 11.3. The van der Waals surface area contributed by atoms with Gasteiger partial charge in [-0.25, -0.2) is 0 Å². The van der Waals surface area contributed by atoms with Crippen LogP contribution in [0.5, 0.6) is 0 Å². The van der Waals surface area contributed by atoms with Crippen molar-refractivity contribution in [2.45, 2.75) is 26.3 Å². The van der Waals surface area contributed by atoms with Gasteiger partial charge in [-0.3, -0.25) is 0 Å². The first-order valence-corrected chi connectivity index (χ1v) is 5.98. The highest BCUT2D eigenvalue weighted by molar-refractivity contribution is 6.18. The fraction of sp³-hybridized carbons (Fsp3) is 0.538. The van der Waals surface area contributed by atoms with E-state index in [1.165, 1.54) is 5.56 Å². The van der Waals surface area contributed by atoms with Crippen LogP contribution in [0.1, 0.15) is 26.3 Å². The number of benzene rings is 1. The third-order valence-electron chi connectivity index (χ3n) is 2.58. The third-order valence-corrected chi connectivity index (χ3v) is 3.11. The van der Waals surface area contributed by atoms with Gasteiger partial charge in [0.1, 0.15) is 0 Å². The van der Waals surface area contributed by atoms with Crippen LogP contribution in [0.3, 0.4) is 0 Å². The van der Waals surface area contributed by atoms with Crippen molar-refractivity contribution >= 4 is 11.6 Å². The van der Waals surface area contributed by atoms with Crippen LogP contribution >= 0.6 is 11.6 Å². The SMILES string of the molecule is CC(C)CNC(C)(CCl)c1ccccc1. The summed E-state index contributed by atoms with van der Waals surface area (Å²) >= 11 is 6.06. The third kappa shape index (κ3) is 3.51. The Morgan fingerprint density at radius 2 is 1.87 bits per heavy atom. The first kappa shape index (κ1) is 12.5. The van der Waals surface area contributed by atoms with Crippen molar-refractivity contribution in [1.82, 2.24) is 5.32 Å². The molecule has 84 valence electrons. The predicted octanol–water partition coefficient (Wildman–Crippen LogP) is 3.39. The summed E-state index contributed by atoms with van der Waals surface area (Å²) < 4.78 is 0. The molecule has 0 spiro atoms. The Kier molecular flexibility index (Phi) is 4.62. The largest absolute Gasteiger partial charge is 0.306 e. The normalized spacial score (nSPS) is 15.3. The Hall–Kier alpha value is -0.530. The summed E-state index contributed by atoms with van der Waals surface area (Å²) in [4.78, 5) is 0. The molecule has 1 N–H and O–H groups in total. The first-order valence-electron chi connectivity index (χ1n) is 5.45. The molecule has 15 heavy (non-hydrogen) atoms. The minimum absolute atomic E-state index is 0.118. The molecule has 0 aliphatic rings. The lowest BCUT2D eigenvalue weighted by Gasteiger charge is -2.30. The van der Waals surface area contributed by atoms with Crippen molar-refractivity contribution in [1.29, 1.82) is 0 Å². The molecule has 1 nitrogen and oxygen atoms in total. The summed E-state index contributed by atoms with van der Waals surface area (Å²) in [5.41, 5.74) is 1.13. The second kappa shape index (κ2) is 5.53. The van der Waals surface area contributed by atoms with E-state index in [0.29, 0.717) is 11.8 Å². The lowest BCUT2D eigenvalue weighted by Crippen LogP contribution is -2.43. The molecule has 0 amide bonds. The van der Waals surface area contributed by atoms with Crippen LogP contribution in [-0.2, 0) is 5.54 Å². The minimum Gasteiger partial charge on any atom is -0.306 e. The summed E-state index contributed by atoms with van der Waals surface area (Å²) in [6.07, 6.45) is 0. The summed E-state index contributed by atoms with van der Waals surface area (Å²) in [6, 6.07) is 10.4. The van der Waals surface area contributed by atoms with Crippen LogP contribution in [0.4, 0.5) is 0 Å². The number of alkyl halides is 1. The van der Waals surface area contributed by atoms with Gasteiger partial charge in [-0.1, -0.05) is 44.2 Å². The predicted molar refractivity (Wildman–Crippen MR) is 67.4 cm³/mol. The van der Waals surface area contributed by atoms with E-state index in [0.717, 1.165) is 6.54 Å². The summed E-state index contributed by atoms with van der Waals surface area (Å²) in [7, 11) is 0. The minimum atomic E-state index is -0.118. The molecule has 1 unspecified atom stereocenters. The topological polar surface area (TPSA) is 12.0 Å². The zero-order valence-corrected chi connectivity index (χ0v) is 10.5. The lowest BCUT2D eigenvalue weighted by molar-refractivity contribution is 0.379. The van der Waals surface area contributed by atoms with E-state index in [1.54, 1.807) is 0 Å². The maximum atomic E-state index is 6.06. The molecular formula is C13H20ClN. The van der Waals surface area contributed by atoms with Crippen LogP contribution in [0, 0.1) is 5.92 Å². The Morgan fingerprint density at radius 1 is 1.27 bits per heavy atom. The molecule has 1 aromatic carbocycles. The molecule has 0 saturated heterocycles. The summed E-state index contributed by atoms with van der Waals surface area (Å²) in [5, 5.41) is 3.53. The maximum Gasteiger partial charge on any atom is 0.0543 e. The van der Waals surface area contributed by atoms with Crippen molar-refractivity contribution in [2.24, 2.45) is 5.92 Å². The molecule has 2 heteroatoms. The van der Waals surface area contributed by atoms with E-state index >= 15 is 0 Å². The second-order valence-electron chi connectivity index (χ2n) is 4.61. The monoisotopic (exact) mass is 225 g/mol. The number of hydrogen-bond donors (Lipinski definition) is 1. The van der Waals surface area contributed by atoms with Crippen LogP contribution in [0.15, 0.2) is 30.3 Å². The number of rotatable bonds is 5. The van der Waals surface area contributed by atoms with Gasteiger partial charge in [0.25, 0.3) is 0 Å².